The Morgan fingerprint density at radius 3 is 3.00 bits per heavy atom. The second-order valence-corrected chi connectivity index (χ2v) is 6.11. The Morgan fingerprint density at radius 1 is 1.32 bits per heavy atom. The van der Waals surface area contributed by atoms with Gasteiger partial charge in [-0.2, -0.15) is 0 Å². The van der Waals surface area contributed by atoms with Crippen molar-refractivity contribution in [3.8, 4) is 0 Å². The lowest BCUT2D eigenvalue weighted by molar-refractivity contribution is 0.191. The second kappa shape index (κ2) is 5.55. The summed E-state index contributed by atoms with van der Waals surface area (Å²) in [6, 6.07) is 3.52. The van der Waals surface area contributed by atoms with Crippen LogP contribution in [0.5, 0.6) is 0 Å². The molecule has 2 fully saturated rings. The summed E-state index contributed by atoms with van der Waals surface area (Å²) < 4.78 is 0. The van der Waals surface area contributed by atoms with Crippen LogP contribution in [-0.4, -0.2) is 40.0 Å². The molecule has 2 saturated heterocycles. The van der Waals surface area contributed by atoms with Gasteiger partial charge < -0.3 is 5.32 Å². The first-order chi connectivity index (χ1) is 9.24. The fourth-order valence-electron chi connectivity index (χ4n) is 3.31. The summed E-state index contributed by atoms with van der Waals surface area (Å²) in [5, 5.41) is 3.55. The van der Waals surface area contributed by atoms with Crippen molar-refractivity contribution >= 4 is 0 Å². The third kappa shape index (κ3) is 2.79. The summed E-state index contributed by atoms with van der Waals surface area (Å²) in [7, 11) is 0. The third-order valence-electron chi connectivity index (χ3n) is 4.40. The minimum atomic E-state index is 0.405. The van der Waals surface area contributed by atoms with Gasteiger partial charge in [-0.15, -0.1) is 0 Å². The number of hydrogen-bond donors (Lipinski definition) is 1. The lowest BCUT2D eigenvalue weighted by atomic mass is 10.1. The average molecular weight is 260 g/mol. The Hall–Kier alpha value is -1.00. The zero-order valence-electron chi connectivity index (χ0n) is 12.0. The highest BCUT2D eigenvalue weighted by molar-refractivity contribution is 5.06. The van der Waals surface area contributed by atoms with Crippen LogP contribution in [0.25, 0.3) is 0 Å². The molecule has 104 valence electrons. The minimum Gasteiger partial charge on any atom is -0.315 e. The molecular weight excluding hydrogens is 236 g/mol. The summed E-state index contributed by atoms with van der Waals surface area (Å²) in [4.78, 5) is 11.7. The van der Waals surface area contributed by atoms with Gasteiger partial charge in [0, 0.05) is 37.3 Å². The SMILES string of the molecule is CC(C)c1nccc(CN2[C@H]3CCNC[C@@H]2CC3)n1. The van der Waals surface area contributed by atoms with E-state index in [2.05, 4.69) is 35.1 Å². The Bertz CT molecular complexity index is 418. The molecule has 0 amide bonds. The number of rotatable bonds is 3. The monoisotopic (exact) mass is 260 g/mol. The molecule has 1 aromatic heterocycles. The van der Waals surface area contributed by atoms with E-state index >= 15 is 0 Å². The highest BCUT2D eigenvalue weighted by Crippen LogP contribution is 2.29. The van der Waals surface area contributed by atoms with Gasteiger partial charge in [0.2, 0.25) is 0 Å². The number of hydrogen-bond acceptors (Lipinski definition) is 4. The van der Waals surface area contributed by atoms with Gasteiger partial charge in [0.15, 0.2) is 0 Å². The van der Waals surface area contributed by atoms with E-state index in [0.29, 0.717) is 12.0 Å². The maximum absolute atomic E-state index is 4.72. The topological polar surface area (TPSA) is 41.1 Å². The summed E-state index contributed by atoms with van der Waals surface area (Å²) in [6.07, 6.45) is 5.88. The average Bonchev–Trinajstić information content (AvgIpc) is 2.63. The summed E-state index contributed by atoms with van der Waals surface area (Å²) in [5.41, 5.74) is 1.18. The molecule has 2 atom stereocenters. The van der Waals surface area contributed by atoms with E-state index in [0.717, 1.165) is 25.0 Å². The zero-order chi connectivity index (χ0) is 13.2. The molecule has 2 aliphatic heterocycles. The standard InChI is InChI=1S/C15H24N4/c1-11(2)15-17-8-5-12(18-15)10-19-13-3-4-14(19)9-16-7-6-13/h5,8,11,13-14,16H,3-4,6-7,9-10H2,1-2H3/t13-,14+/m1/s1. The fourth-order valence-corrected chi connectivity index (χ4v) is 3.31. The van der Waals surface area contributed by atoms with Crippen LogP contribution in [0.15, 0.2) is 12.3 Å². The van der Waals surface area contributed by atoms with Crippen molar-refractivity contribution in [3.05, 3.63) is 23.8 Å². The number of nitrogens with one attached hydrogen (secondary N) is 1. The van der Waals surface area contributed by atoms with Gasteiger partial charge in [-0.25, -0.2) is 9.97 Å². The summed E-state index contributed by atoms with van der Waals surface area (Å²) in [6.45, 7) is 7.59. The third-order valence-corrected chi connectivity index (χ3v) is 4.40. The van der Waals surface area contributed by atoms with Crippen molar-refractivity contribution in [1.82, 2.24) is 20.2 Å². The van der Waals surface area contributed by atoms with Crippen molar-refractivity contribution in [3.63, 3.8) is 0 Å². The minimum absolute atomic E-state index is 0.405. The molecule has 2 aliphatic rings. The van der Waals surface area contributed by atoms with Gasteiger partial charge >= 0.3 is 0 Å². The first-order valence-corrected chi connectivity index (χ1v) is 7.52. The second-order valence-electron chi connectivity index (χ2n) is 6.11. The van der Waals surface area contributed by atoms with Crippen LogP contribution in [0.1, 0.15) is 50.5 Å². The number of aromatic nitrogens is 2. The van der Waals surface area contributed by atoms with Gasteiger partial charge in [-0.1, -0.05) is 13.8 Å². The van der Waals surface area contributed by atoms with Crippen LogP contribution >= 0.6 is 0 Å². The molecule has 19 heavy (non-hydrogen) atoms. The Balaban J connectivity index is 1.75. The number of fused-ring (bicyclic) bond motifs is 2. The smallest absolute Gasteiger partial charge is 0.131 e. The quantitative estimate of drug-likeness (QED) is 0.901. The van der Waals surface area contributed by atoms with E-state index in [1.54, 1.807) is 0 Å². The lowest BCUT2D eigenvalue weighted by Crippen LogP contribution is -2.37. The Labute approximate surface area is 115 Å². The summed E-state index contributed by atoms with van der Waals surface area (Å²) >= 11 is 0. The van der Waals surface area contributed by atoms with Crippen LogP contribution in [0.3, 0.4) is 0 Å². The molecular formula is C15H24N4. The summed E-state index contributed by atoms with van der Waals surface area (Å²) in [5.74, 6) is 1.38. The van der Waals surface area contributed by atoms with E-state index in [4.69, 9.17) is 4.98 Å². The van der Waals surface area contributed by atoms with E-state index in [-0.39, 0.29) is 0 Å². The molecule has 3 heterocycles. The van der Waals surface area contributed by atoms with Crippen molar-refractivity contribution in [2.24, 2.45) is 0 Å². The molecule has 0 unspecified atom stereocenters. The van der Waals surface area contributed by atoms with Crippen LogP contribution in [-0.2, 0) is 6.54 Å². The Kier molecular flexibility index (Phi) is 3.80. The normalized spacial score (nSPS) is 27.7. The van der Waals surface area contributed by atoms with Gasteiger partial charge in [-0.3, -0.25) is 4.90 Å². The highest BCUT2D eigenvalue weighted by Gasteiger charge is 2.34. The fraction of sp³-hybridized carbons (Fsp3) is 0.733. The predicted octanol–water partition coefficient (Wildman–Crippen LogP) is 1.93. The molecule has 0 saturated carbocycles. The van der Waals surface area contributed by atoms with Crippen molar-refractivity contribution < 1.29 is 0 Å². The lowest BCUT2D eigenvalue weighted by Gasteiger charge is -2.27. The van der Waals surface area contributed by atoms with E-state index in [1.807, 2.05) is 6.20 Å². The van der Waals surface area contributed by atoms with E-state index in [9.17, 15) is 0 Å². The van der Waals surface area contributed by atoms with E-state index < -0.39 is 0 Å². The van der Waals surface area contributed by atoms with Crippen molar-refractivity contribution in [1.29, 1.82) is 0 Å². The molecule has 0 aromatic carbocycles. The van der Waals surface area contributed by atoms with Gasteiger partial charge in [-0.05, 0) is 31.9 Å². The zero-order valence-corrected chi connectivity index (χ0v) is 12.0. The van der Waals surface area contributed by atoms with Crippen LogP contribution < -0.4 is 5.32 Å². The molecule has 1 aromatic rings. The number of nitrogens with zero attached hydrogens (tertiary/aromatic N) is 3. The van der Waals surface area contributed by atoms with Crippen molar-refractivity contribution in [2.45, 2.75) is 57.7 Å². The van der Waals surface area contributed by atoms with Crippen LogP contribution in [0.2, 0.25) is 0 Å². The maximum Gasteiger partial charge on any atom is 0.131 e. The van der Waals surface area contributed by atoms with Crippen molar-refractivity contribution in [2.75, 3.05) is 13.1 Å². The van der Waals surface area contributed by atoms with Crippen LogP contribution in [0, 0.1) is 0 Å². The molecule has 4 nitrogen and oxygen atoms in total. The largest absolute Gasteiger partial charge is 0.315 e. The molecule has 1 N–H and O–H groups in total. The first-order valence-electron chi connectivity index (χ1n) is 7.52. The molecule has 0 radical (unpaired) electrons. The molecule has 2 bridgehead atoms. The highest BCUT2D eigenvalue weighted by atomic mass is 15.2. The first kappa shape index (κ1) is 13.0. The predicted molar refractivity (Wildman–Crippen MR) is 76.0 cm³/mol. The van der Waals surface area contributed by atoms with E-state index in [1.165, 1.54) is 31.5 Å². The molecule has 0 aliphatic carbocycles. The van der Waals surface area contributed by atoms with Crippen LogP contribution in [0.4, 0.5) is 0 Å². The molecule has 4 heteroatoms. The van der Waals surface area contributed by atoms with Gasteiger partial charge in [0.05, 0.1) is 5.69 Å². The van der Waals surface area contributed by atoms with Gasteiger partial charge in [0.25, 0.3) is 0 Å². The molecule has 3 rings (SSSR count). The molecule has 0 spiro atoms. The Morgan fingerprint density at radius 2 is 2.16 bits per heavy atom. The van der Waals surface area contributed by atoms with Gasteiger partial charge in [0.1, 0.15) is 5.82 Å². The maximum atomic E-state index is 4.72.